The van der Waals surface area contributed by atoms with Gasteiger partial charge >= 0.3 is 6.18 Å². The number of ether oxygens (including phenoxy) is 1. The topological polar surface area (TPSA) is 71.5 Å². The molecule has 0 aliphatic carbocycles. The van der Waals surface area contributed by atoms with E-state index in [2.05, 4.69) is 33.0 Å². The summed E-state index contributed by atoms with van der Waals surface area (Å²) < 4.78 is 58.5. The third-order valence-corrected chi connectivity index (χ3v) is 8.44. The largest absolute Gasteiger partial charge is 0.488 e. The van der Waals surface area contributed by atoms with E-state index < -0.39 is 21.6 Å². The Morgan fingerprint density at radius 3 is 2.49 bits per heavy atom. The minimum absolute atomic E-state index is 0.0645. The van der Waals surface area contributed by atoms with Crippen LogP contribution in [0.5, 0.6) is 5.75 Å². The van der Waals surface area contributed by atoms with Crippen LogP contribution in [0, 0.1) is 5.92 Å². The Kier molecular flexibility index (Phi) is 6.25. The molecule has 0 spiro atoms. The number of fused-ring (bicyclic) bond motifs is 1. The van der Waals surface area contributed by atoms with Gasteiger partial charge in [-0.15, -0.1) is 0 Å². The second-order valence-corrected chi connectivity index (χ2v) is 11.9. The van der Waals surface area contributed by atoms with Crippen LogP contribution >= 0.6 is 0 Å². The summed E-state index contributed by atoms with van der Waals surface area (Å²) in [6.07, 6.45) is 6.45. The summed E-state index contributed by atoms with van der Waals surface area (Å²) in [6.45, 7) is 2.69. The molecule has 1 saturated heterocycles. The van der Waals surface area contributed by atoms with Gasteiger partial charge in [0.2, 0.25) is 0 Å². The highest BCUT2D eigenvalue weighted by Gasteiger charge is 2.35. The Labute approximate surface area is 203 Å². The van der Waals surface area contributed by atoms with Crippen LogP contribution in [0.15, 0.2) is 30.7 Å². The highest BCUT2D eigenvalue weighted by molar-refractivity contribution is 7.97. The van der Waals surface area contributed by atoms with Gasteiger partial charge in [0.25, 0.3) is 0 Å². The maximum atomic E-state index is 12.7. The van der Waals surface area contributed by atoms with Gasteiger partial charge in [-0.3, -0.25) is 9.19 Å². The van der Waals surface area contributed by atoms with E-state index in [1.807, 2.05) is 9.21 Å². The molecule has 5 heterocycles. The standard InChI is InChI=1S/C24H28F3N5O2S/c1-35(2,33)32-9-5-16(6-10-32)19-11-18-12-20(34-21(18)13-28-19)17-3-7-31(8-4-17)23-15-29-22(14-30-23)24(25,26)27/h5,11,13-15,17,20H,1,3-4,6-10,12H2,2H3/t20-,35?/m1/s1. The van der Waals surface area contributed by atoms with Crippen molar-refractivity contribution in [3.8, 4) is 5.75 Å². The minimum atomic E-state index is -4.48. The lowest BCUT2D eigenvalue weighted by Crippen LogP contribution is -2.39. The Hall–Kier alpha value is -2.66. The molecule has 2 aromatic heterocycles. The van der Waals surface area contributed by atoms with E-state index in [1.54, 1.807) is 12.5 Å². The predicted octanol–water partition coefficient (Wildman–Crippen LogP) is 3.46. The van der Waals surface area contributed by atoms with Crippen LogP contribution in [-0.4, -0.2) is 67.9 Å². The molecule has 3 aliphatic rings. The van der Waals surface area contributed by atoms with Crippen LogP contribution in [0.2, 0.25) is 0 Å². The lowest BCUT2D eigenvalue weighted by Gasteiger charge is -2.34. The van der Waals surface area contributed by atoms with Crippen molar-refractivity contribution in [3.63, 3.8) is 0 Å². The molecular formula is C24H28F3N5O2S. The van der Waals surface area contributed by atoms with Gasteiger partial charge in [0, 0.05) is 54.1 Å². The Morgan fingerprint density at radius 1 is 1.11 bits per heavy atom. The first-order chi connectivity index (χ1) is 16.6. The number of pyridine rings is 1. The van der Waals surface area contributed by atoms with E-state index in [-0.39, 0.29) is 6.10 Å². The molecule has 2 atom stereocenters. The van der Waals surface area contributed by atoms with Crippen molar-refractivity contribution in [1.82, 2.24) is 19.3 Å². The first-order valence-electron chi connectivity index (χ1n) is 11.6. The number of anilines is 1. The molecule has 11 heteroatoms. The van der Waals surface area contributed by atoms with E-state index in [1.165, 1.54) is 6.20 Å². The van der Waals surface area contributed by atoms with Gasteiger partial charge in [0.15, 0.2) is 5.69 Å². The average Bonchev–Trinajstić information content (AvgIpc) is 3.27. The molecule has 2 aromatic rings. The number of alkyl halides is 3. The van der Waals surface area contributed by atoms with Crippen LogP contribution < -0.4 is 9.64 Å². The Bertz CT molecular complexity index is 1220. The molecule has 0 bridgehead atoms. The number of hydrogen-bond acceptors (Lipinski definition) is 6. The summed E-state index contributed by atoms with van der Waals surface area (Å²) in [6, 6.07) is 2.11. The summed E-state index contributed by atoms with van der Waals surface area (Å²) in [5.74, 6) is 5.41. The summed E-state index contributed by atoms with van der Waals surface area (Å²) in [7, 11) is -2.20. The fourth-order valence-corrected chi connectivity index (χ4v) is 5.84. The van der Waals surface area contributed by atoms with Crippen LogP contribution in [-0.2, 0) is 22.3 Å². The number of halogens is 3. The van der Waals surface area contributed by atoms with Gasteiger partial charge in [-0.1, -0.05) is 6.08 Å². The fourth-order valence-electron chi connectivity index (χ4n) is 4.98. The third-order valence-electron chi connectivity index (χ3n) is 7.01. The van der Waals surface area contributed by atoms with Gasteiger partial charge < -0.3 is 9.64 Å². The molecule has 35 heavy (non-hydrogen) atoms. The normalized spacial score (nSPS) is 23.4. The van der Waals surface area contributed by atoms with Crippen molar-refractivity contribution in [2.75, 3.05) is 37.3 Å². The number of aromatic nitrogens is 3. The lowest BCUT2D eigenvalue weighted by molar-refractivity contribution is -0.141. The molecule has 1 unspecified atom stereocenters. The number of nitrogens with zero attached hydrogens (tertiary/aromatic N) is 5. The monoisotopic (exact) mass is 507 g/mol. The summed E-state index contributed by atoms with van der Waals surface area (Å²) >= 11 is 0. The van der Waals surface area contributed by atoms with Crippen molar-refractivity contribution in [3.05, 3.63) is 47.7 Å². The van der Waals surface area contributed by atoms with E-state index in [9.17, 15) is 17.4 Å². The second kappa shape index (κ2) is 9.09. The third kappa shape index (κ3) is 5.16. The van der Waals surface area contributed by atoms with Gasteiger partial charge in [-0.25, -0.2) is 14.3 Å². The predicted molar refractivity (Wildman–Crippen MR) is 130 cm³/mol. The van der Waals surface area contributed by atoms with Crippen molar-refractivity contribution >= 4 is 27.0 Å². The summed E-state index contributed by atoms with van der Waals surface area (Å²) in [5.41, 5.74) is 2.27. The van der Waals surface area contributed by atoms with E-state index in [4.69, 9.17) is 4.74 Å². The van der Waals surface area contributed by atoms with E-state index >= 15 is 0 Å². The van der Waals surface area contributed by atoms with Crippen molar-refractivity contribution in [1.29, 1.82) is 0 Å². The first-order valence-corrected chi connectivity index (χ1v) is 13.7. The molecular weight excluding hydrogens is 479 g/mol. The van der Waals surface area contributed by atoms with Gasteiger partial charge in [0.1, 0.15) is 17.7 Å². The van der Waals surface area contributed by atoms with Crippen LogP contribution in [0.1, 0.15) is 36.2 Å². The van der Waals surface area contributed by atoms with Gasteiger partial charge in [0.05, 0.1) is 24.3 Å². The SMILES string of the molecule is C=S(C)(=O)N1CC=C(c2cc3c(cn2)O[C@@H](C2CCN(c4cnc(C(F)(F)F)cn4)CC2)C3)CC1. The van der Waals surface area contributed by atoms with E-state index in [0.29, 0.717) is 37.9 Å². The number of hydrogen-bond donors (Lipinski definition) is 0. The highest BCUT2D eigenvalue weighted by atomic mass is 32.2. The van der Waals surface area contributed by atoms with Crippen molar-refractivity contribution < 1.29 is 22.1 Å². The average molecular weight is 508 g/mol. The molecule has 5 rings (SSSR count). The molecule has 0 N–H and O–H groups in total. The lowest BCUT2D eigenvalue weighted by atomic mass is 9.89. The van der Waals surface area contributed by atoms with Crippen LogP contribution in [0.3, 0.4) is 0 Å². The molecule has 7 nitrogen and oxygen atoms in total. The second-order valence-electron chi connectivity index (χ2n) is 9.45. The summed E-state index contributed by atoms with van der Waals surface area (Å²) in [5, 5.41) is 0. The number of rotatable bonds is 4. The Balaban J connectivity index is 1.18. The first kappa shape index (κ1) is 24.1. The van der Waals surface area contributed by atoms with Gasteiger partial charge in [-0.2, -0.15) is 13.2 Å². The Morgan fingerprint density at radius 2 is 1.89 bits per heavy atom. The highest BCUT2D eigenvalue weighted by Crippen LogP contribution is 2.37. The summed E-state index contributed by atoms with van der Waals surface area (Å²) in [4.78, 5) is 14.1. The quantitative estimate of drug-likeness (QED) is 0.591. The maximum Gasteiger partial charge on any atom is 0.434 e. The van der Waals surface area contributed by atoms with Crippen molar-refractivity contribution in [2.45, 2.75) is 38.0 Å². The molecule has 0 aromatic carbocycles. The van der Waals surface area contributed by atoms with E-state index in [0.717, 1.165) is 54.5 Å². The molecule has 3 aliphatic heterocycles. The van der Waals surface area contributed by atoms with Crippen LogP contribution in [0.25, 0.3) is 5.57 Å². The smallest absolute Gasteiger partial charge is 0.434 e. The molecule has 1 fully saturated rings. The number of piperidine rings is 1. The molecule has 188 valence electrons. The molecule has 0 saturated carbocycles. The zero-order valence-electron chi connectivity index (χ0n) is 19.5. The van der Waals surface area contributed by atoms with Gasteiger partial charge in [-0.05, 0) is 42.7 Å². The zero-order valence-corrected chi connectivity index (χ0v) is 20.3. The molecule has 0 amide bonds. The van der Waals surface area contributed by atoms with Crippen molar-refractivity contribution in [2.24, 2.45) is 5.92 Å². The molecule has 0 radical (unpaired) electrons. The zero-order chi connectivity index (χ0) is 24.8. The maximum absolute atomic E-state index is 12.7. The van der Waals surface area contributed by atoms with Crippen LogP contribution in [0.4, 0.5) is 19.0 Å². The minimum Gasteiger partial charge on any atom is -0.488 e. The fraction of sp³-hybridized carbons (Fsp3) is 0.500.